The van der Waals surface area contributed by atoms with Crippen LogP contribution in [0.5, 0.6) is 0 Å². The molecule has 1 aromatic carbocycles. The quantitative estimate of drug-likeness (QED) is 0.835. The van der Waals surface area contributed by atoms with Crippen LogP contribution in [-0.4, -0.2) is 23.7 Å². The molecule has 4 nitrogen and oxygen atoms in total. The Hall–Kier alpha value is -1.49. The average molecular weight is 320 g/mol. The number of rotatable bonds is 4. The van der Waals surface area contributed by atoms with Crippen LogP contribution >= 0.6 is 11.8 Å². The first-order valence-corrected chi connectivity index (χ1v) is 8.83. The average Bonchev–Trinajstić information content (AvgIpc) is 2.49. The van der Waals surface area contributed by atoms with Gasteiger partial charge in [-0.05, 0) is 37.3 Å². The highest BCUT2D eigenvalue weighted by Crippen LogP contribution is 2.23. The van der Waals surface area contributed by atoms with Crippen molar-refractivity contribution in [3.63, 3.8) is 0 Å². The minimum absolute atomic E-state index is 0.186. The lowest BCUT2D eigenvalue weighted by Gasteiger charge is -2.29. The number of amides is 3. The molecule has 0 bridgehead atoms. The summed E-state index contributed by atoms with van der Waals surface area (Å²) in [6.45, 7) is 4.16. The van der Waals surface area contributed by atoms with Crippen LogP contribution in [0.4, 0.5) is 4.79 Å². The van der Waals surface area contributed by atoms with E-state index in [0.717, 1.165) is 29.7 Å². The van der Waals surface area contributed by atoms with Crippen molar-refractivity contribution >= 4 is 23.7 Å². The highest BCUT2D eigenvalue weighted by Gasteiger charge is 2.23. The van der Waals surface area contributed by atoms with E-state index in [1.807, 2.05) is 31.2 Å². The number of thioether (sulfide) groups is 1. The first-order valence-electron chi connectivity index (χ1n) is 7.85. The molecule has 5 heteroatoms. The fourth-order valence-corrected chi connectivity index (χ4v) is 3.59. The Kier molecular flexibility index (Phi) is 6.31. The van der Waals surface area contributed by atoms with Gasteiger partial charge in [-0.15, -0.1) is 11.8 Å². The molecule has 3 amide bonds. The maximum Gasteiger partial charge on any atom is 0.321 e. The number of aryl methyl sites for hydroxylation is 1. The van der Waals surface area contributed by atoms with E-state index in [1.165, 1.54) is 18.2 Å². The maximum absolute atomic E-state index is 11.9. The zero-order valence-corrected chi connectivity index (χ0v) is 14.0. The van der Waals surface area contributed by atoms with E-state index in [1.54, 1.807) is 0 Å². The summed E-state index contributed by atoms with van der Waals surface area (Å²) in [6.07, 6.45) is 4.52. The van der Waals surface area contributed by atoms with Gasteiger partial charge < -0.3 is 5.32 Å². The molecule has 0 heterocycles. The number of carbonyl (C=O) groups excluding carboxylic acids is 2. The number of nitrogens with one attached hydrogen (secondary N) is 2. The molecule has 2 unspecified atom stereocenters. The van der Waals surface area contributed by atoms with E-state index in [0.29, 0.717) is 5.92 Å². The van der Waals surface area contributed by atoms with Crippen LogP contribution in [0.25, 0.3) is 0 Å². The summed E-state index contributed by atoms with van der Waals surface area (Å²) in [4.78, 5) is 24.8. The van der Waals surface area contributed by atoms with E-state index < -0.39 is 0 Å². The topological polar surface area (TPSA) is 58.2 Å². The summed E-state index contributed by atoms with van der Waals surface area (Å²) in [5, 5.41) is 5.36. The van der Waals surface area contributed by atoms with Gasteiger partial charge in [0.05, 0.1) is 5.75 Å². The van der Waals surface area contributed by atoms with Gasteiger partial charge in [0.2, 0.25) is 5.91 Å². The zero-order chi connectivity index (χ0) is 15.9. The van der Waals surface area contributed by atoms with E-state index in [9.17, 15) is 9.59 Å². The van der Waals surface area contributed by atoms with E-state index in [2.05, 4.69) is 17.6 Å². The molecule has 0 aliphatic heterocycles. The predicted octanol–water partition coefficient (Wildman–Crippen LogP) is 3.49. The third kappa shape index (κ3) is 5.05. The lowest BCUT2D eigenvalue weighted by atomic mass is 9.86. The smallest absolute Gasteiger partial charge is 0.321 e. The lowest BCUT2D eigenvalue weighted by Crippen LogP contribution is -2.48. The summed E-state index contributed by atoms with van der Waals surface area (Å²) in [7, 11) is 0. The van der Waals surface area contributed by atoms with Crippen molar-refractivity contribution in [3.05, 3.63) is 29.8 Å². The van der Waals surface area contributed by atoms with Crippen molar-refractivity contribution in [1.82, 2.24) is 10.6 Å². The molecule has 1 fully saturated rings. The molecule has 1 aliphatic rings. The van der Waals surface area contributed by atoms with Gasteiger partial charge in [-0.3, -0.25) is 10.1 Å². The number of hydrogen-bond donors (Lipinski definition) is 2. The van der Waals surface area contributed by atoms with Crippen LogP contribution < -0.4 is 10.6 Å². The molecular weight excluding hydrogens is 296 g/mol. The normalized spacial score (nSPS) is 21.2. The predicted molar refractivity (Wildman–Crippen MR) is 90.0 cm³/mol. The van der Waals surface area contributed by atoms with Gasteiger partial charge in [0.15, 0.2) is 0 Å². The maximum atomic E-state index is 11.9. The molecule has 1 saturated carbocycles. The van der Waals surface area contributed by atoms with Crippen LogP contribution in [0.3, 0.4) is 0 Å². The Balaban J connectivity index is 1.74. The second-order valence-corrected chi connectivity index (χ2v) is 6.96. The van der Waals surface area contributed by atoms with Crippen molar-refractivity contribution in [1.29, 1.82) is 0 Å². The largest absolute Gasteiger partial charge is 0.335 e. The van der Waals surface area contributed by atoms with Crippen LogP contribution in [0, 0.1) is 12.8 Å². The number of urea groups is 1. The molecule has 0 aromatic heterocycles. The number of carbonyl (C=O) groups is 2. The van der Waals surface area contributed by atoms with Crippen molar-refractivity contribution < 1.29 is 9.59 Å². The van der Waals surface area contributed by atoms with Gasteiger partial charge in [-0.1, -0.05) is 38.0 Å². The molecule has 2 atom stereocenters. The summed E-state index contributed by atoms with van der Waals surface area (Å²) in [5.41, 5.74) is 1.14. The Morgan fingerprint density at radius 3 is 2.68 bits per heavy atom. The van der Waals surface area contributed by atoms with Gasteiger partial charge >= 0.3 is 6.03 Å². The standard InChI is InChI=1S/C17H24N2O2S/c1-12-7-3-5-9-14(12)18-17(21)19-16(20)11-22-15-10-6-4-8-13(15)2/h4,6,8,10,12,14H,3,5,7,9,11H2,1-2H3,(H2,18,19,20,21). The molecule has 1 aliphatic carbocycles. The second kappa shape index (κ2) is 8.22. The zero-order valence-electron chi connectivity index (χ0n) is 13.2. The van der Waals surface area contributed by atoms with Crippen LogP contribution in [-0.2, 0) is 4.79 Å². The van der Waals surface area contributed by atoms with Gasteiger partial charge in [0, 0.05) is 10.9 Å². The van der Waals surface area contributed by atoms with Crippen LogP contribution in [0.2, 0.25) is 0 Å². The lowest BCUT2D eigenvalue weighted by molar-refractivity contribution is -0.117. The monoisotopic (exact) mass is 320 g/mol. The van der Waals surface area contributed by atoms with E-state index in [-0.39, 0.29) is 23.7 Å². The van der Waals surface area contributed by atoms with Crippen LogP contribution in [0.15, 0.2) is 29.2 Å². The fraction of sp³-hybridized carbons (Fsp3) is 0.529. The Bertz CT molecular complexity index is 533. The van der Waals surface area contributed by atoms with Gasteiger partial charge in [0.25, 0.3) is 0 Å². The minimum Gasteiger partial charge on any atom is -0.335 e. The number of benzene rings is 1. The van der Waals surface area contributed by atoms with Crippen molar-refractivity contribution in [2.24, 2.45) is 5.92 Å². The van der Waals surface area contributed by atoms with Crippen molar-refractivity contribution in [3.8, 4) is 0 Å². The molecular formula is C17H24N2O2S. The number of imide groups is 1. The van der Waals surface area contributed by atoms with Crippen molar-refractivity contribution in [2.75, 3.05) is 5.75 Å². The van der Waals surface area contributed by atoms with Crippen LogP contribution in [0.1, 0.15) is 38.2 Å². The Labute approximate surface area is 136 Å². The molecule has 2 N–H and O–H groups in total. The molecule has 22 heavy (non-hydrogen) atoms. The Morgan fingerprint density at radius 2 is 1.95 bits per heavy atom. The van der Waals surface area contributed by atoms with Crippen molar-refractivity contribution in [2.45, 2.75) is 50.5 Å². The molecule has 0 spiro atoms. The highest BCUT2D eigenvalue weighted by molar-refractivity contribution is 8.00. The first kappa shape index (κ1) is 16.9. The molecule has 0 saturated heterocycles. The molecule has 120 valence electrons. The SMILES string of the molecule is Cc1ccccc1SCC(=O)NC(=O)NC1CCCCC1C. The van der Waals surface area contributed by atoms with Gasteiger partial charge in [0.1, 0.15) is 0 Å². The third-order valence-corrected chi connectivity index (χ3v) is 5.31. The van der Waals surface area contributed by atoms with Gasteiger partial charge in [-0.25, -0.2) is 4.79 Å². The van der Waals surface area contributed by atoms with E-state index in [4.69, 9.17) is 0 Å². The third-order valence-electron chi connectivity index (χ3n) is 4.13. The summed E-state index contributed by atoms with van der Waals surface area (Å²) in [6, 6.07) is 7.73. The van der Waals surface area contributed by atoms with E-state index >= 15 is 0 Å². The van der Waals surface area contributed by atoms with Gasteiger partial charge in [-0.2, -0.15) is 0 Å². The highest BCUT2D eigenvalue weighted by atomic mass is 32.2. The summed E-state index contributed by atoms with van der Waals surface area (Å²) < 4.78 is 0. The summed E-state index contributed by atoms with van der Waals surface area (Å²) >= 11 is 1.45. The first-order chi connectivity index (χ1) is 10.6. The molecule has 2 rings (SSSR count). The molecule has 0 radical (unpaired) electrons. The second-order valence-electron chi connectivity index (χ2n) is 5.94. The fourth-order valence-electron chi connectivity index (χ4n) is 2.76. The summed E-state index contributed by atoms with van der Waals surface area (Å²) in [5.74, 6) is 0.476. The number of hydrogen-bond acceptors (Lipinski definition) is 3. The Morgan fingerprint density at radius 1 is 1.23 bits per heavy atom. The minimum atomic E-state index is -0.367. The molecule has 1 aromatic rings.